The first-order valence-electron chi connectivity index (χ1n) is 12.6. The summed E-state index contributed by atoms with van der Waals surface area (Å²) in [4.78, 5) is 42.3. The maximum absolute atomic E-state index is 14.2. The van der Waals surface area contributed by atoms with Gasteiger partial charge in [0.05, 0.1) is 0 Å². The van der Waals surface area contributed by atoms with Crippen molar-refractivity contribution in [3.8, 4) is 5.75 Å². The lowest BCUT2D eigenvalue weighted by molar-refractivity contribution is -0.146. The van der Waals surface area contributed by atoms with E-state index in [9.17, 15) is 19.5 Å². The van der Waals surface area contributed by atoms with Crippen molar-refractivity contribution in [1.29, 1.82) is 0 Å². The quantitative estimate of drug-likeness (QED) is 0.377. The van der Waals surface area contributed by atoms with Crippen LogP contribution in [0.25, 0.3) is 0 Å². The van der Waals surface area contributed by atoms with Gasteiger partial charge in [0, 0.05) is 16.8 Å². The summed E-state index contributed by atoms with van der Waals surface area (Å²) in [5, 5.41) is 16.4. The molecule has 9 heteroatoms. The van der Waals surface area contributed by atoms with Gasteiger partial charge in [-0.25, -0.2) is 4.79 Å². The Bertz CT molecular complexity index is 1120. The van der Waals surface area contributed by atoms with Gasteiger partial charge in [-0.2, -0.15) is 11.8 Å². The average Bonchev–Trinajstić information content (AvgIpc) is 2.79. The predicted octanol–water partition coefficient (Wildman–Crippen LogP) is 5.65. The molecule has 0 saturated heterocycles. The number of rotatable bonds is 9. The highest BCUT2D eigenvalue weighted by Gasteiger charge is 2.42. The summed E-state index contributed by atoms with van der Waals surface area (Å²) in [5.74, 6) is -0.447. The number of phenols is 1. The number of nitrogens with one attached hydrogen (secondary N) is 2. The zero-order valence-electron chi connectivity index (χ0n) is 23.6. The number of alkyl carbamates (subject to hydrolysis) is 1. The molecule has 0 aliphatic carbocycles. The molecule has 208 valence electrons. The minimum atomic E-state index is -1.18. The Labute approximate surface area is 230 Å². The minimum absolute atomic E-state index is 0.111. The lowest BCUT2D eigenvalue weighted by atomic mass is 9.94. The van der Waals surface area contributed by atoms with Crippen LogP contribution in [0.15, 0.2) is 48.5 Å². The van der Waals surface area contributed by atoms with E-state index in [-0.39, 0.29) is 11.3 Å². The molecule has 0 aromatic heterocycles. The van der Waals surface area contributed by atoms with Crippen LogP contribution in [0.4, 0.5) is 10.5 Å². The summed E-state index contributed by atoms with van der Waals surface area (Å²) in [6.45, 7) is 12.6. The van der Waals surface area contributed by atoms with Crippen molar-refractivity contribution in [2.75, 3.05) is 17.3 Å². The maximum atomic E-state index is 14.2. The second-order valence-corrected chi connectivity index (χ2v) is 12.1. The second kappa shape index (κ2) is 13.0. The van der Waals surface area contributed by atoms with E-state index >= 15 is 0 Å². The van der Waals surface area contributed by atoms with Gasteiger partial charge in [-0.05, 0) is 84.6 Å². The van der Waals surface area contributed by atoms with Gasteiger partial charge in [-0.3, -0.25) is 9.59 Å². The van der Waals surface area contributed by atoms with Crippen LogP contribution < -0.4 is 10.6 Å². The summed E-state index contributed by atoms with van der Waals surface area (Å²) in [6.07, 6.45) is 1.53. The highest BCUT2D eigenvalue weighted by atomic mass is 32.2. The van der Waals surface area contributed by atoms with Gasteiger partial charge < -0.3 is 25.4 Å². The first-order chi connectivity index (χ1) is 17.7. The molecular weight excluding hydrogens is 502 g/mol. The molecule has 0 aliphatic heterocycles. The Balaban J connectivity index is 2.59. The number of benzene rings is 2. The van der Waals surface area contributed by atoms with Crippen LogP contribution in [-0.2, 0) is 14.3 Å². The molecule has 0 aliphatic rings. The van der Waals surface area contributed by atoms with Gasteiger partial charge in [0.25, 0.3) is 5.91 Å². The van der Waals surface area contributed by atoms with Crippen molar-refractivity contribution in [3.63, 3.8) is 0 Å². The Kier molecular flexibility index (Phi) is 10.6. The summed E-state index contributed by atoms with van der Waals surface area (Å²) in [7, 11) is 0. The Morgan fingerprint density at radius 1 is 1.00 bits per heavy atom. The maximum Gasteiger partial charge on any atom is 0.408 e. The third-order valence-electron chi connectivity index (χ3n) is 5.70. The van der Waals surface area contributed by atoms with Crippen molar-refractivity contribution in [2.45, 2.75) is 78.1 Å². The van der Waals surface area contributed by atoms with E-state index in [0.717, 1.165) is 5.56 Å². The fraction of sp³-hybridized carbons (Fsp3) is 0.483. The van der Waals surface area contributed by atoms with Crippen LogP contribution in [0.3, 0.4) is 0 Å². The zero-order chi connectivity index (χ0) is 28.7. The SMILES string of the molecule is CSCCC(NC(=O)OC(C)(C)C)C(=O)N(C(C(=O)Nc1ccccc1C)c1ccccc1O)C(C)(C)C. The number of hydrogen-bond acceptors (Lipinski definition) is 6. The number of carbonyl (C=O) groups excluding carboxylic acids is 3. The number of amides is 3. The van der Waals surface area contributed by atoms with Crippen molar-refractivity contribution in [3.05, 3.63) is 59.7 Å². The number of carbonyl (C=O) groups is 3. The van der Waals surface area contributed by atoms with Crippen LogP contribution in [0.1, 0.15) is 65.1 Å². The minimum Gasteiger partial charge on any atom is -0.508 e. The summed E-state index contributed by atoms with van der Waals surface area (Å²) < 4.78 is 5.42. The highest BCUT2D eigenvalue weighted by Crippen LogP contribution is 2.35. The molecule has 0 heterocycles. The van der Waals surface area contributed by atoms with Crippen LogP contribution in [0.5, 0.6) is 5.75 Å². The molecule has 0 spiro atoms. The molecule has 2 atom stereocenters. The molecule has 0 radical (unpaired) electrons. The molecule has 0 fully saturated rings. The van der Waals surface area contributed by atoms with Crippen LogP contribution in [-0.4, -0.2) is 57.1 Å². The van der Waals surface area contributed by atoms with E-state index < -0.39 is 41.1 Å². The lowest BCUT2D eigenvalue weighted by Gasteiger charge is -2.43. The van der Waals surface area contributed by atoms with Gasteiger partial charge >= 0.3 is 6.09 Å². The number of thioether (sulfide) groups is 1. The van der Waals surface area contributed by atoms with E-state index in [4.69, 9.17) is 4.74 Å². The van der Waals surface area contributed by atoms with Crippen LogP contribution in [0.2, 0.25) is 0 Å². The normalized spacial score (nSPS) is 13.3. The number of phenolic OH excluding ortho intramolecular Hbond substituents is 1. The third-order valence-corrected chi connectivity index (χ3v) is 6.34. The van der Waals surface area contributed by atoms with Crippen molar-refractivity contribution >= 4 is 35.4 Å². The molecule has 2 rings (SSSR count). The van der Waals surface area contributed by atoms with Gasteiger partial charge in [0.15, 0.2) is 0 Å². The molecular formula is C29H41N3O5S. The lowest BCUT2D eigenvalue weighted by Crippen LogP contribution is -2.58. The second-order valence-electron chi connectivity index (χ2n) is 11.1. The number of ether oxygens (including phenoxy) is 1. The molecule has 38 heavy (non-hydrogen) atoms. The van der Waals surface area contributed by atoms with E-state index in [0.29, 0.717) is 17.9 Å². The highest BCUT2D eigenvalue weighted by molar-refractivity contribution is 7.98. The number of anilines is 1. The fourth-order valence-electron chi connectivity index (χ4n) is 3.99. The molecule has 3 amide bonds. The van der Waals surface area contributed by atoms with E-state index in [2.05, 4.69) is 10.6 Å². The smallest absolute Gasteiger partial charge is 0.408 e. The largest absolute Gasteiger partial charge is 0.508 e. The monoisotopic (exact) mass is 543 g/mol. The number of hydrogen-bond donors (Lipinski definition) is 3. The van der Waals surface area contributed by atoms with Crippen molar-refractivity contribution < 1.29 is 24.2 Å². The van der Waals surface area contributed by atoms with Gasteiger partial charge in [0.2, 0.25) is 5.91 Å². The van der Waals surface area contributed by atoms with Gasteiger partial charge in [-0.15, -0.1) is 0 Å². The Morgan fingerprint density at radius 3 is 2.16 bits per heavy atom. The number of aromatic hydroxyl groups is 1. The van der Waals surface area contributed by atoms with Crippen LogP contribution in [0, 0.1) is 6.92 Å². The summed E-state index contributed by atoms with van der Waals surface area (Å²) in [6, 6.07) is 11.7. The molecule has 2 aromatic rings. The molecule has 8 nitrogen and oxygen atoms in total. The summed E-state index contributed by atoms with van der Waals surface area (Å²) >= 11 is 1.54. The first kappa shape index (κ1) is 31.0. The van der Waals surface area contributed by atoms with Crippen molar-refractivity contribution in [1.82, 2.24) is 10.2 Å². The fourth-order valence-corrected chi connectivity index (χ4v) is 4.46. The zero-order valence-corrected chi connectivity index (χ0v) is 24.4. The first-order valence-corrected chi connectivity index (χ1v) is 14.0. The van der Waals surface area contributed by atoms with E-state index in [1.54, 1.807) is 56.8 Å². The molecule has 2 unspecified atom stereocenters. The standard InChI is InChI=1S/C29H41N3O5S/c1-19-13-9-11-15-21(19)30-25(34)24(20-14-10-12-16-23(20)33)32(28(2,3)4)26(35)22(17-18-38-8)31-27(36)37-29(5,6)7/h9-16,22,24,33H,17-18H2,1-8H3,(H,30,34)(H,31,36). The van der Waals surface area contributed by atoms with Crippen molar-refractivity contribution in [2.24, 2.45) is 0 Å². The molecule has 0 bridgehead atoms. The van der Waals surface area contributed by atoms with Gasteiger partial charge in [0.1, 0.15) is 23.4 Å². The predicted molar refractivity (Wildman–Crippen MR) is 153 cm³/mol. The number of nitrogens with zero attached hydrogens (tertiary/aromatic N) is 1. The topological polar surface area (TPSA) is 108 Å². The number of para-hydroxylation sites is 2. The van der Waals surface area contributed by atoms with Crippen LogP contribution >= 0.6 is 11.8 Å². The van der Waals surface area contributed by atoms with E-state index in [1.165, 1.54) is 11.0 Å². The van der Waals surface area contributed by atoms with E-state index in [1.807, 2.05) is 52.1 Å². The van der Waals surface area contributed by atoms with Gasteiger partial charge in [-0.1, -0.05) is 36.4 Å². The molecule has 3 N–H and O–H groups in total. The number of aryl methyl sites for hydroxylation is 1. The Hall–Kier alpha value is -3.20. The molecule has 0 saturated carbocycles. The Morgan fingerprint density at radius 2 is 1.61 bits per heavy atom. The average molecular weight is 544 g/mol. The summed E-state index contributed by atoms with van der Waals surface area (Å²) in [5.41, 5.74) is 0.135. The third kappa shape index (κ3) is 8.68. The molecule has 2 aromatic carbocycles.